The van der Waals surface area contributed by atoms with E-state index in [0.29, 0.717) is 0 Å². The van der Waals surface area contributed by atoms with Crippen molar-refractivity contribution in [2.45, 2.75) is 52.9 Å². The Kier molecular flexibility index (Phi) is 5.05. The van der Waals surface area contributed by atoms with Gasteiger partial charge in [-0.3, -0.25) is 10.2 Å². The number of hydrazine groups is 1. The maximum Gasteiger partial charge on any atom is 0.249 e. The lowest BCUT2D eigenvalue weighted by Crippen LogP contribution is -2.28. The van der Waals surface area contributed by atoms with Gasteiger partial charge in [0.05, 0.1) is 5.41 Å². The van der Waals surface area contributed by atoms with Crippen LogP contribution in [-0.2, 0) is 11.2 Å². The molecule has 2 N–H and O–H groups in total. The lowest BCUT2D eigenvalue weighted by molar-refractivity contribution is -0.125. The zero-order chi connectivity index (χ0) is 15.3. The van der Waals surface area contributed by atoms with Crippen molar-refractivity contribution in [3.8, 4) is 0 Å². The highest BCUT2D eigenvalue weighted by Gasteiger charge is 2.37. The van der Waals surface area contributed by atoms with Gasteiger partial charge in [-0.1, -0.05) is 50.5 Å². The Morgan fingerprint density at radius 1 is 1.05 bits per heavy atom. The van der Waals surface area contributed by atoms with Crippen LogP contribution in [0.1, 0.15) is 57.6 Å². The summed E-state index contributed by atoms with van der Waals surface area (Å²) in [5.41, 5.74) is 8.59. The van der Waals surface area contributed by atoms with Crippen molar-refractivity contribution in [1.82, 2.24) is 10.9 Å². The van der Waals surface area contributed by atoms with Crippen LogP contribution >= 0.6 is 0 Å². The third-order valence-electron chi connectivity index (χ3n) is 4.16. The van der Waals surface area contributed by atoms with Gasteiger partial charge < -0.3 is 5.43 Å². The number of unbranched alkanes of at least 4 members (excludes halogenated alkanes) is 3. The molecule has 3 heteroatoms. The Morgan fingerprint density at radius 2 is 1.76 bits per heavy atom. The number of carbonyl (C=O) groups is 1. The van der Waals surface area contributed by atoms with Crippen molar-refractivity contribution in [3.63, 3.8) is 0 Å². The molecule has 1 aromatic rings. The van der Waals surface area contributed by atoms with Crippen LogP contribution in [0.2, 0.25) is 0 Å². The average Bonchev–Trinajstić information content (AvgIpc) is 2.72. The number of hydrogen-bond donors (Lipinski definition) is 2. The van der Waals surface area contributed by atoms with E-state index in [1.807, 2.05) is 19.9 Å². The number of rotatable bonds is 6. The van der Waals surface area contributed by atoms with Crippen molar-refractivity contribution in [2.24, 2.45) is 5.41 Å². The van der Waals surface area contributed by atoms with Crippen molar-refractivity contribution >= 4 is 12.0 Å². The van der Waals surface area contributed by atoms with Crippen LogP contribution in [0.5, 0.6) is 0 Å². The molecular formula is C18H26N2O. The first-order valence-electron chi connectivity index (χ1n) is 7.91. The molecule has 1 aliphatic rings. The molecule has 0 unspecified atom stereocenters. The molecule has 1 heterocycles. The van der Waals surface area contributed by atoms with Crippen LogP contribution in [0.3, 0.4) is 0 Å². The standard InChI is InChI=1S/C18H26N2O/c1-4-5-6-7-8-14-9-11-15(12-10-14)13-16-18(2,3)17(21)20-19-16/h9-13,19H,4-8H2,1-3H3,(H,20,21)/b16-13-. The van der Waals surface area contributed by atoms with Crippen molar-refractivity contribution in [1.29, 1.82) is 0 Å². The molecular weight excluding hydrogens is 260 g/mol. The number of benzene rings is 1. The van der Waals surface area contributed by atoms with E-state index in [4.69, 9.17) is 0 Å². The molecule has 0 saturated carbocycles. The Balaban J connectivity index is 1.98. The second-order valence-electron chi connectivity index (χ2n) is 6.31. The van der Waals surface area contributed by atoms with Gasteiger partial charge in [-0.25, -0.2) is 0 Å². The Labute approximate surface area is 127 Å². The van der Waals surface area contributed by atoms with Gasteiger partial charge in [0.1, 0.15) is 0 Å². The first kappa shape index (κ1) is 15.6. The smallest absolute Gasteiger partial charge is 0.249 e. The molecule has 1 fully saturated rings. The second-order valence-corrected chi connectivity index (χ2v) is 6.31. The van der Waals surface area contributed by atoms with E-state index in [-0.39, 0.29) is 5.91 Å². The first-order chi connectivity index (χ1) is 10.0. The molecule has 1 saturated heterocycles. The third-order valence-corrected chi connectivity index (χ3v) is 4.16. The summed E-state index contributed by atoms with van der Waals surface area (Å²) in [7, 11) is 0. The predicted octanol–water partition coefficient (Wildman–Crippen LogP) is 3.81. The Morgan fingerprint density at radius 3 is 2.33 bits per heavy atom. The minimum Gasteiger partial charge on any atom is -0.302 e. The van der Waals surface area contributed by atoms with Gasteiger partial charge in [-0.05, 0) is 43.9 Å². The predicted molar refractivity (Wildman–Crippen MR) is 87.3 cm³/mol. The van der Waals surface area contributed by atoms with Crippen LogP contribution in [0.25, 0.3) is 6.08 Å². The molecule has 3 nitrogen and oxygen atoms in total. The average molecular weight is 286 g/mol. The lowest BCUT2D eigenvalue weighted by Gasteiger charge is -2.14. The number of amides is 1. The summed E-state index contributed by atoms with van der Waals surface area (Å²) >= 11 is 0. The molecule has 21 heavy (non-hydrogen) atoms. The number of carbonyl (C=O) groups excluding carboxylic acids is 1. The molecule has 2 rings (SSSR count). The van der Waals surface area contributed by atoms with E-state index in [1.54, 1.807) is 0 Å². The molecule has 1 aliphatic heterocycles. The van der Waals surface area contributed by atoms with E-state index in [0.717, 1.165) is 17.7 Å². The summed E-state index contributed by atoms with van der Waals surface area (Å²) in [6, 6.07) is 8.64. The zero-order valence-corrected chi connectivity index (χ0v) is 13.3. The number of aryl methyl sites for hydroxylation is 1. The molecule has 1 amide bonds. The van der Waals surface area contributed by atoms with Crippen LogP contribution in [0.15, 0.2) is 30.0 Å². The first-order valence-corrected chi connectivity index (χ1v) is 7.91. The van der Waals surface area contributed by atoms with E-state index >= 15 is 0 Å². The quantitative estimate of drug-likeness (QED) is 0.781. The van der Waals surface area contributed by atoms with Gasteiger partial charge in [-0.15, -0.1) is 0 Å². The minimum atomic E-state index is -0.487. The van der Waals surface area contributed by atoms with E-state index in [2.05, 4.69) is 42.0 Å². The van der Waals surface area contributed by atoms with Gasteiger partial charge in [0.25, 0.3) is 0 Å². The van der Waals surface area contributed by atoms with Gasteiger partial charge in [0.15, 0.2) is 0 Å². The second kappa shape index (κ2) is 6.79. The van der Waals surface area contributed by atoms with Crippen molar-refractivity contribution in [2.75, 3.05) is 0 Å². The Bertz CT molecular complexity index is 515. The summed E-state index contributed by atoms with van der Waals surface area (Å²) in [5, 5.41) is 0. The number of hydrogen-bond acceptors (Lipinski definition) is 2. The van der Waals surface area contributed by atoms with Gasteiger partial charge >= 0.3 is 0 Å². The fourth-order valence-corrected chi connectivity index (χ4v) is 2.48. The zero-order valence-electron chi connectivity index (χ0n) is 13.3. The highest BCUT2D eigenvalue weighted by Crippen LogP contribution is 2.29. The van der Waals surface area contributed by atoms with E-state index in [9.17, 15) is 4.79 Å². The molecule has 0 spiro atoms. The molecule has 114 valence electrons. The molecule has 0 aliphatic carbocycles. The summed E-state index contributed by atoms with van der Waals surface area (Å²) in [4.78, 5) is 11.7. The third kappa shape index (κ3) is 3.87. The molecule has 0 aromatic heterocycles. The van der Waals surface area contributed by atoms with Gasteiger partial charge in [0.2, 0.25) is 5.91 Å². The normalized spacial score (nSPS) is 18.6. The monoisotopic (exact) mass is 286 g/mol. The van der Waals surface area contributed by atoms with E-state index < -0.39 is 5.41 Å². The van der Waals surface area contributed by atoms with Gasteiger partial charge in [-0.2, -0.15) is 0 Å². The molecule has 0 bridgehead atoms. The highest BCUT2D eigenvalue weighted by atomic mass is 16.2. The largest absolute Gasteiger partial charge is 0.302 e. The Hall–Kier alpha value is -1.77. The maximum atomic E-state index is 11.7. The van der Waals surface area contributed by atoms with Crippen LogP contribution in [0.4, 0.5) is 0 Å². The molecule has 1 aromatic carbocycles. The maximum absolute atomic E-state index is 11.7. The highest BCUT2D eigenvalue weighted by molar-refractivity contribution is 5.89. The fraction of sp³-hybridized carbons (Fsp3) is 0.500. The summed E-state index contributed by atoms with van der Waals surface area (Å²) in [6.07, 6.45) is 8.38. The molecule has 0 radical (unpaired) electrons. The summed E-state index contributed by atoms with van der Waals surface area (Å²) in [6.45, 7) is 6.09. The molecule has 0 atom stereocenters. The van der Waals surface area contributed by atoms with Crippen LogP contribution < -0.4 is 10.9 Å². The van der Waals surface area contributed by atoms with E-state index in [1.165, 1.54) is 31.2 Å². The SMILES string of the molecule is CCCCCCc1ccc(/C=C2\NNC(=O)C2(C)C)cc1. The fourth-order valence-electron chi connectivity index (χ4n) is 2.48. The topological polar surface area (TPSA) is 41.1 Å². The van der Waals surface area contributed by atoms with Crippen molar-refractivity contribution < 1.29 is 4.79 Å². The van der Waals surface area contributed by atoms with Crippen LogP contribution in [0, 0.1) is 5.41 Å². The summed E-state index contributed by atoms with van der Waals surface area (Å²) in [5.74, 6) is 0.0151. The van der Waals surface area contributed by atoms with Gasteiger partial charge in [0, 0.05) is 5.70 Å². The summed E-state index contributed by atoms with van der Waals surface area (Å²) < 4.78 is 0. The lowest BCUT2D eigenvalue weighted by atomic mass is 9.89. The minimum absolute atomic E-state index is 0.0151. The van der Waals surface area contributed by atoms with Crippen LogP contribution in [-0.4, -0.2) is 5.91 Å². The van der Waals surface area contributed by atoms with Crippen molar-refractivity contribution in [3.05, 3.63) is 41.1 Å². The number of nitrogens with one attached hydrogen (secondary N) is 2.